The third kappa shape index (κ3) is 3.25. The molecule has 0 amide bonds. The van der Waals surface area contributed by atoms with Crippen molar-refractivity contribution in [2.45, 2.75) is 12.5 Å². The van der Waals surface area contributed by atoms with E-state index in [0.29, 0.717) is 17.4 Å². The smallest absolute Gasteiger partial charge is 0.248 e. The average molecular weight is 441 g/mol. The van der Waals surface area contributed by atoms with Crippen LogP contribution in [0.3, 0.4) is 0 Å². The minimum absolute atomic E-state index is 0.182. The summed E-state index contributed by atoms with van der Waals surface area (Å²) in [6.07, 6.45) is 3.92. The Hall–Kier alpha value is -3.90. The molecule has 7 heteroatoms. The molecule has 2 aromatic carbocycles. The number of halogens is 1. The van der Waals surface area contributed by atoms with E-state index >= 15 is 0 Å². The zero-order valence-electron chi connectivity index (χ0n) is 16.9. The number of hydrogen-bond donors (Lipinski definition) is 0. The highest BCUT2D eigenvalue weighted by Gasteiger charge is 2.35. The zero-order chi connectivity index (χ0) is 21.5. The molecule has 1 aliphatic rings. The van der Waals surface area contributed by atoms with Crippen LogP contribution in [0.1, 0.15) is 24.0 Å². The highest BCUT2D eigenvalue weighted by molar-refractivity contribution is 6.31. The van der Waals surface area contributed by atoms with E-state index in [2.05, 4.69) is 0 Å². The first-order valence-electron chi connectivity index (χ1n) is 10.2. The first kappa shape index (κ1) is 18.8. The van der Waals surface area contributed by atoms with Crippen LogP contribution in [0.25, 0.3) is 22.2 Å². The van der Waals surface area contributed by atoms with E-state index in [-0.39, 0.29) is 6.04 Å². The fraction of sp³-hybridized carbons (Fsp3) is 0.0800. The highest BCUT2D eigenvalue weighted by atomic mass is 35.5. The van der Waals surface area contributed by atoms with Crippen molar-refractivity contribution in [3.8, 4) is 11.3 Å². The third-order valence-corrected chi connectivity index (χ3v) is 5.72. The first-order chi connectivity index (χ1) is 15.8. The summed E-state index contributed by atoms with van der Waals surface area (Å²) in [5.41, 5.74) is 3.39. The number of fused-ring (bicyclic) bond motifs is 1. The number of anilines is 1. The predicted octanol–water partition coefficient (Wildman–Crippen LogP) is 6.49. The van der Waals surface area contributed by atoms with Gasteiger partial charge >= 0.3 is 0 Å². The van der Waals surface area contributed by atoms with Gasteiger partial charge in [0.1, 0.15) is 23.3 Å². The number of furan rings is 2. The molecule has 4 heterocycles. The van der Waals surface area contributed by atoms with Crippen molar-refractivity contribution in [3.05, 3.63) is 102 Å². The summed E-state index contributed by atoms with van der Waals surface area (Å²) in [5.74, 6) is 2.00. The molecular formula is C25H17ClN4O2. The average Bonchev–Trinajstić information content (AvgIpc) is 3.60. The van der Waals surface area contributed by atoms with Crippen LogP contribution >= 0.6 is 11.6 Å². The van der Waals surface area contributed by atoms with Gasteiger partial charge in [-0.1, -0.05) is 41.9 Å². The van der Waals surface area contributed by atoms with Crippen LogP contribution in [0.15, 0.2) is 99.3 Å². The molecule has 5 aromatic rings. The summed E-state index contributed by atoms with van der Waals surface area (Å²) in [7, 11) is 0. The Kier molecular flexibility index (Phi) is 4.51. The molecule has 6 rings (SSSR count). The van der Waals surface area contributed by atoms with Gasteiger partial charge in [-0.2, -0.15) is 5.10 Å². The highest BCUT2D eigenvalue weighted by Crippen LogP contribution is 2.38. The number of benzene rings is 2. The molecule has 0 radical (unpaired) electrons. The topological polar surface area (TPSA) is 67.7 Å². The molecule has 156 valence electrons. The van der Waals surface area contributed by atoms with Gasteiger partial charge in [0.15, 0.2) is 0 Å². The maximum atomic E-state index is 6.30. The molecule has 0 spiro atoms. The predicted molar refractivity (Wildman–Crippen MR) is 124 cm³/mol. The molecule has 1 unspecified atom stereocenters. The summed E-state index contributed by atoms with van der Waals surface area (Å²) in [4.78, 5) is 9.78. The van der Waals surface area contributed by atoms with Crippen molar-refractivity contribution in [1.29, 1.82) is 0 Å². The van der Waals surface area contributed by atoms with Gasteiger partial charge in [-0.3, -0.25) is 0 Å². The SMILES string of the molecule is Clc1ccc2nc(N3N=C(c4ccco4)CC3c3ccco3)nc(-c3ccccc3)c2c1. The Morgan fingerprint density at radius 1 is 0.875 bits per heavy atom. The number of hydrazone groups is 1. The van der Waals surface area contributed by atoms with E-state index in [9.17, 15) is 0 Å². The molecule has 6 nitrogen and oxygen atoms in total. The standard InChI is InChI=1S/C25H17ClN4O2/c26-17-10-11-19-18(14-17)24(16-6-2-1-3-7-16)28-25(27-19)30-21(23-9-5-13-32-23)15-20(29-30)22-8-4-12-31-22/h1-14,21H,15H2. The van der Waals surface area contributed by atoms with Gasteiger partial charge in [0.2, 0.25) is 5.95 Å². The largest absolute Gasteiger partial charge is 0.467 e. The second-order valence-electron chi connectivity index (χ2n) is 7.50. The summed E-state index contributed by atoms with van der Waals surface area (Å²) in [6, 6.07) is 23.0. The molecule has 0 fully saturated rings. The Morgan fingerprint density at radius 3 is 2.50 bits per heavy atom. The Bertz CT molecular complexity index is 1410. The fourth-order valence-electron chi connectivity index (χ4n) is 4.00. The van der Waals surface area contributed by atoms with Crippen molar-refractivity contribution in [2.75, 3.05) is 5.01 Å². The molecule has 0 saturated heterocycles. The Labute approximate surface area is 188 Å². The van der Waals surface area contributed by atoms with E-state index < -0.39 is 0 Å². The van der Waals surface area contributed by atoms with Crippen LogP contribution in [0.5, 0.6) is 0 Å². The van der Waals surface area contributed by atoms with Gasteiger partial charge < -0.3 is 8.83 Å². The van der Waals surface area contributed by atoms with Crippen LogP contribution in [0, 0.1) is 0 Å². The van der Waals surface area contributed by atoms with Crippen molar-refractivity contribution in [1.82, 2.24) is 9.97 Å². The van der Waals surface area contributed by atoms with E-state index in [4.69, 9.17) is 35.5 Å². The van der Waals surface area contributed by atoms with Crippen LogP contribution in [-0.2, 0) is 0 Å². The van der Waals surface area contributed by atoms with Gasteiger partial charge in [0.05, 0.1) is 23.7 Å². The van der Waals surface area contributed by atoms with Crippen LogP contribution in [0.2, 0.25) is 5.02 Å². The molecule has 1 aliphatic heterocycles. The van der Waals surface area contributed by atoms with Crippen molar-refractivity contribution < 1.29 is 8.83 Å². The summed E-state index contributed by atoms with van der Waals surface area (Å²) in [6.45, 7) is 0. The van der Waals surface area contributed by atoms with Crippen molar-refractivity contribution in [3.63, 3.8) is 0 Å². The Morgan fingerprint density at radius 2 is 1.72 bits per heavy atom. The van der Waals surface area contributed by atoms with Crippen LogP contribution < -0.4 is 5.01 Å². The molecular weight excluding hydrogens is 424 g/mol. The fourth-order valence-corrected chi connectivity index (χ4v) is 4.17. The number of aromatic nitrogens is 2. The molecule has 0 bridgehead atoms. The maximum absolute atomic E-state index is 6.30. The van der Waals surface area contributed by atoms with E-state index in [0.717, 1.165) is 39.4 Å². The monoisotopic (exact) mass is 440 g/mol. The van der Waals surface area contributed by atoms with Crippen molar-refractivity contribution in [2.24, 2.45) is 5.10 Å². The van der Waals surface area contributed by atoms with Gasteiger partial charge in [-0.05, 0) is 42.5 Å². The molecule has 1 atom stereocenters. The van der Waals surface area contributed by atoms with E-state index in [1.165, 1.54) is 0 Å². The minimum Gasteiger partial charge on any atom is -0.467 e. The number of hydrogen-bond acceptors (Lipinski definition) is 6. The van der Waals surface area contributed by atoms with Gasteiger partial charge in [-0.15, -0.1) is 0 Å². The second kappa shape index (κ2) is 7.66. The number of rotatable bonds is 4. The summed E-state index contributed by atoms with van der Waals surface area (Å²) >= 11 is 6.30. The molecule has 3 aromatic heterocycles. The molecule has 32 heavy (non-hydrogen) atoms. The first-order valence-corrected chi connectivity index (χ1v) is 10.6. The summed E-state index contributed by atoms with van der Waals surface area (Å²) in [5, 5.41) is 8.18. The van der Waals surface area contributed by atoms with Crippen LogP contribution in [0.4, 0.5) is 5.95 Å². The van der Waals surface area contributed by atoms with Crippen molar-refractivity contribution >= 4 is 34.2 Å². The molecule has 0 saturated carbocycles. The minimum atomic E-state index is -0.182. The van der Waals surface area contributed by atoms with Gasteiger partial charge in [-0.25, -0.2) is 15.0 Å². The maximum Gasteiger partial charge on any atom is 0.248 e. The Balaban J connectivity index is 1.55. The normalized spacial score (nSPS) is 16.0. The lowest BCUT2D eigenvalue weighted by Gasteiger charge is -2.21. The molecule has 0 aliphatic carbocycles. The number of nitrogens with zero attached hydrogens (tertiary/aromatic N) is 4. The summed E-state index contributed by atoms with van der Waals surface area (Å²) < 4.78 is 11.3. The molecule has 0 N–H and O–H groups in total. The lowest BCUT2D eigenvalue weighted by molar-refractivity contribution is 0.462. The lowest BCUT2D eigenvalue weighted by Crippen LogP contribution is -2.20. The zero-order valence-corrected chi connectivity index (χ0v) is 17.6. The quantitative estimate of drug-likeness (QED) is 0.319. The van der Waals surface area contributed by atoms with E-state index in [1.54, 1.807) is 12.5 Å². The van der Waals surface area contributed by atoms with Gasteiger partial charge in [0.25, 0.3) is 0 Å². The van der Waals surface area contributed by atoms with Gasteiger partial charge in [0, 0.05) is 22.4 Å². The second-order valence-corrected chi connectivity index (χ2v) is 7.94. The third-order valence-electron chi connectivity index (χ3n) is 5.49. The van der Waals surface area contributed by atoms with E-state index in [1.807, 2.05) is 77.8 Å². The van der Waals surface area contributed by atoms with Crippen LogP contribution in [-0.4, -0.2) is 15.7 Å². The lowest BCUT2D eigenvalue weighted by atomic mass is 10.1.